The maximum absolute atomic E-state index is 5.52. The Labute approximate surface area is 164 Å². The molecule has 1 aliphatic rings. The second-order valence-corrected chi connectivity index (χ2v) is 8.17. The molecule has 26 heavy (non-hydrogen) atoms. The summed E-state index contributed by atoms with van der Waals surface area (Å²) < 4.78 is 5.52. The van der Waals surface area contributed by atoms with Gasteiger partial charge in [-0.3, -0.25) is 9.89 Å². The maximum Gasteiger partial charge on any atom is 0.191 e. The van der Waals surface area contributed by atoms with Crippen molar-refractivity contribution in [3.8, 4) is 0 Å². The van der Waals surface area contributed by atoms with E-state index >= 15 is 0 Å². The highest BCUT2D eigenvalue weighted by Gasteiger charge is 2.23. The predicted molar refractivity (Wildman–Crippen MR) is 111 cm³/mol. The number of rotatable bonds is 8. The van der Waals surface area contributed by atoms with Gasteiger partial charge in [0.2, 0.25) is 0 Å². The second kappa shape index (κ2) is 10.7. The zero-order valence-electron chi connectivity index (χ0n) is 15.3. The van der Waals surface area contributed by atoms with Gasteiger partial charge in [0.15, 0.2) is 5.96 Å². The van der Waals surface area contributed by atoms with Gasteiger partial charge in [-0.15, -0.1) is 22.7 Å². The lowest BCUT2D eigenvalue weighted by Crippen LogP contribution is -2.42. The standard InChI is InChI=1S/C19H28N4OS2/c1-2-20-19(21-8-7-16-5-3-13-25-16)22-15-17(18-6-4-14-26-18)23-9-11-24-12-10-23/h3-6,13-14,17H,2,7-12,15H2,1H3,(H2,20,21,22). The van der Waals surface area contributed by atoms with E-state index in [9.17, 15) is 0 Å². The Hall–Kier alpha value is -1.41. The number of nitrogens with zero attached hydrogens (tertiary/aromatic N) is 2. The molecule has 0 saturated carbocycles. The summed E-state index contributed by atoms with van der Waals surface area (Å²) in [5.74, 6) is 0.902. The molecule has 3 rings (SSSR count). The highest BCUT2D eigenvalue weighted by molar-refractivity contribution is 7.10. The van der Waals surface area contributed by atoms with Gasteiger partial charge in [-0.1, -0.05) is 12.1 Å². The lowest BCUT2D eigenvalue weighted by atomic mass is 10.2. The monoisotopic (exact) mass is 392 g/mol. The van der Waals surface area contributed by atoms with Crippen molar-refractivity contribution in [1.29, 1.82) is 0 Å². The summed E-state index contributed by atoms with van der Waals surface area (Å²) in [5, 5.41) is 11.1. The Balaban J connectivity index is 1.60. The van der Waals surface area contributed by atoms with Crippen LogP contribution in [0, 0.1) is 0 Å². The average molecular weight is 393 g/mol. The first kappa shape index (κ1) is 19.4. The van der Waals surface area contributed by atoms with Gasteiger partial charge in [0.05, 0.1) is 25.8 Å². The number of thiophene rings is 2. The fourth-order valence-corrected chi connectivity index (χ4v) is 4.59. The fourth-order valence-electron chi connectivity index (χ4n) is 3.03. The molecular weight excluding hydrogens is 364 g/mol. The topological polar surface area (TPSA) is 48.9 Å². The number of hydrogen-bond donors (Lipinski definition) is 2. The van der Waals surface area contributed by atoms with Crippen molar-refractivity contribution in [1.82, 2.24) is 15.5 Å². The molecule has 2 aromatic heterocycles. The molecule has 0 radical (unpaired) electrons. The molecule has 0 aromatic carbocycles. The molecule has 142 valence electrons. The van der Waals surface area contributed by atoms with Crippen molar-refractivity contribution in [3.63, 3.8) is 0 Å². The van der Waals surface area contributed by atoms with Gasteiger partial charge in [0, 0.05) is 35.9 Å². The normalized spacial score (nSPS) is 17.2. The molecule has 1 atom stereocenters. The van der Waals surface area contributed by atoms with Gasteiger partial charge in [-0.05, 0) is 36.2 Å². The Bertz CT molecular complexity index is 637. The summed E-state index contributed by atoms with van der Waals surface area (Å²) >= 11 is 3.62. The molecule has 0 aliphatic carbocycles. The van der Waals surface area contributed by atoms with E-state index in [1.54, 1.807) is 11.3 Å². The zero-order valence-corrected chi connectivity index (χ0v) is 17.0. The lowest BCUT2D eigenvalue weighted by Gasteiger charge is -2.33. The molecular formula is C19H28N4OS2. The van der Waals surface area contributed by atoms with Crippen LogP contribution in [-0.2, 0) is 11.2 Å². The third-order valence-electron chi connectivity index (χ3n) is 4.37. The number of ether oxygens (including phenoxy) is 1. The quantitative estimate of drug-likeness (QED) is 0.536. The van der Waals surface area contributed by atoms with Gasteiger partial charge in [-0.25, -0.2) is 0 Å². The van der Waals surface area contributed by atoms with Gasteiger partial charge < -0.3 is 15.4 Å². The van der Waals surface area contributed by atoms with Crippen LogP contribution in [0.1, 0.15) is 22.7 Å². The minimum atomic E-state index is 0.326. The van der Waals surface area contributed by atoms with Crippen LogP contribution in [0.2, 0.25) is 0 Å². The molecule has 1 unspecified atom stereocenters. The highest BCUT2D eigenvalue weighted by Crippen LogP contribution is 2.26. The van der Waals surface area contributed by atoms with E-state index < -0.39 is 0 Å². The Morgan fingerprint density at radius 1 is 1.19 bits per heavy atom. The fraction of sp³-hybridized carbons (Fsp3) is 0.526. The van der Waals surface area contributed by atoms with Crippen LogP contribution in [-0.4, -0.2) is 56.8 Å². The van der Waals surface area contributed by atoms with E-state index in [-0.39, 0.29) is 0 Å². The minimum Gasteiger partial charge on any atom is -0.379 e. The van der Waals surface area contributed by atoms with Crippen molar-refractivity contribution < 1.29 is 4.74 Å². The number of aliphatic imine (C=N–C) groups is 1. The molecule has 0 spiro atoms. The molecule has 0 bridgehead atoms. The van der Waals surface area contributed by atoms with E-state index in [1.807, 2.05) is 11.3 Å². The maximum atomic E-state index is 5.52. The zero-order chi connectivity index (χ0) is 18.0. The number of nitrogens with one attached hydrogen (secondary N) is 2. The van der Waals surface area contributed by atoms with Crippen molar-refractivity contribution >= 4 is 28.6 Å². The van der Waals surface area contributed by atoms with E-state index in [0.717, 1.165) is 58.3 Å². The number of guanidine groups is 1. The molecule has 1 fully saturated rings. The summed E-state index contributed by atoms with van der Waals surface area (Å²) in [6.45, 7) is 8.19. The van der Waals surface area contributed by atoms with Crippen molar-refractivity contribution in [2.45, 2.75) is 19.4 Å². The molecule has 5 nitrogen and oxygen atoms in total. The Morgan fingerprint density at radius 2 is 2.00 bits per heavy atom. The molecule has 3 heterocycles. The summed E-state index contributed by atoms with van der Waals surface area (Å²) in [5.41, 5.74) is 0. The van der Waals surface area contributed by atoms with Gasteiger partial charge >= 0.3 is 0 Å². The minimum absolute atomic E-state index is 0.326. The SMILES string of the molecule is CCNC(=NCC(c1cccs1)N1CCOCC1)NCCc1cccs1. The van der Waals surface area contributed by atoms with Crippen LogP contribution < -0.4 is 10.6 Å². The summed E-state index contributed by atoms with van der Waals surface area (Å²) in [7, 11) is 0. The third kappa shape index (κ3) is 5.81. The first-order valence-corrected chi connectivity index (χ1v) is 11.0. The summed E-state index contributed by atoms with van der Waals surface area (Å²) in [6.07, 6.45) is 1.03. The summed E-state index contributed by atoms with van der Waals surface area (Å²) in [4.78, 5) is 10.2. The molecule has 0 amide bonds. The Morgan fingerprint density at radius 3 is 2.69 bits per heavy atom. The van der Waals surface area contributed by atoms with Crippen molar-refractivity contribution in [2.24, 2.45) is 4.99 Å². The largest absolute Gasteiger partial charge is 0.379 e. The van der Waals surface area contributed by atoms with Crippen LogP contribution in [0.15, 0.2) is 40.0 Å². The van der Waals surface area contributed by atoms with Crippen molar-refractivity contribution in [3.05, 3.63) is 44.8 Å². The molecule has 2 N–H and O–H groups in total. The Kier molecular flexibility index (Phi) is 7.94. The average Bonchev–Trinajstić information content (AvgIpc) is 3.37. The molecule has 2 aromatic rings. The molecule has 7 heteroatoms. The van der Waals surface area contributed by atoms with Gasteiger partial charge in [0.1, 0.15) is 0 Å². The number of hydrogen-bond acceptors (Lipinski definition) is 5. The van der Waals surface area contributed by atoms with Crippen LogP contribution in [0.25, 0.3) is 0 Å². The first-order chi connectivity index (χ1) is 12.9. The lowest BCUT2D eigenvalue weighted by molar-refractivity contribution is 0.0186. The first-order valence-electron chi connectivity index (χ1n) is 9.26. The van der Waals surface area contributed by atoms with Crippen LogP contribution in [0.4, 0.5) is 0 Å². The number of morpholine rings is 1. The predicted octanol–water partition coefficient (Wildman–Crippen LogP) is 2.98. The second-order valence-electron chi connectivity index (χ2n) is 6.16. The highest BCUT2D eigenvalue weighted by atomic mass is 32.1. The van der Waals surface area contributed by atoms with Gasteiger partial charge in [0.25, 0.3) is 0 Å². The van der Waals surface area contributed by atoms with Crippen LogP contribution >= 0.6 is 22.7 Å². The van der Waals surface area contributed by atoms with E-state index in [0.29, 0.717) is 6.04 Å². The van der Waals surface area contributed by atoms with Gasteiger partial charge in [-0.2, -0.15) is 0 Å². The molecule has 1 saturated heterocycles. The van der Waals surface area contributed by atoms with E-state index in [4.69, 9.17) is 9.73 Å². The smallest absolute Gasteiger partial charge is 0.191 e. The van der Waals surface area contributed by atoms with Crippen molar-refractivity contribution in [2.75, 3.05) is 45.9 Å². The molecule has 1 aliphatic heterocycles. The third-order valence-corrected chi connectivity index (χ3v) is 6.28. The van der Waals surface area contributed by atoms with Crippen LogP contribution in [0.5, 0.6) is 0 Å². The van der Waals surface area contributed by atoms with Crippen LogP contribution in [0.3, 0.4) is 0 Å². The van der Waals surface area contributed by atoms with E-state index in [1.165, 1.54) is 9.75 Å². The summed E-state index contributed by atoms with van der Waals surface area (Å²) in [6, 6.07) is 8.96. The van der Waals surface area contributed by atoms with E-state index in [2.05, 4.69) is 57.5 Å².